The van der Waals surface area contributed by atoms with Crippen molar-refractivity contribution in [2.45, 2.75) is 32.7 Å². The molecule has 0 saturated carbocycles. The van der Waals surface area contributed by atoms with Crippen molar-refractivity contribution in [3.05, 3.63) is 15.9 Å². The maximum absolute atomic E-state index is 12.7. The number of hydrogen-bond donors (Lipinski definition) is 1. The van der Waals surface area contributed by atoms with E-state index in [9.17, 15) is 13.6 Å². The highest BCUT2D eigenvalue weighted by molar-refractivity contribution is 9.10. The number of carbonyl (C=O) groups is 1. The van der Waals surface area contributed by atoms with Crippen LogP contribution in [0.25, 0.3) is 0 Å². The van der Waals surface area contributed by atoms with E-state index in [-0.39, 0.29) is 29.6 Å². The van der Waals surface area contributed by atoms with Gasteiger partial charge in [0.15, 0.2) is 0 Å². The van der Waals surface area contributed by atoms with E-state index in [1.165, 1.54) is 0 Å². The topological polar surface area (TPSA) is 55.1 Å². The Labute approximate surface area is 99.4 Å². The lowest BCUT2D eigenvalue weighted by Gasteiger charge is -2.05. The first-order valence-electron chi connectivity index (χ1n) is 4.66. The van der Waals surface area contributed by atoms with Crippen LogP contribution in [0.1, 0.15) is 30.7 Å². The van der Waals surface area contributed by atoms with Gasteiger partial charge in [-0.15, -0.1) is 0 Å². The highest BCUT2D eigenvalue weighted by Crippen LogP contribution is 2.29. The van der Waals surface area contributed by atoms with Crippen LogP contribution in [0.15, 0.2) is 4.47 Å². The Kier molecular flexibility index (Phi) is 4.40. The minimum Gasteiger partial charge on any atom is -0.481 e. The summed E-state index contributed by atoms with van der Waals surface area (Å²) in [5, 5.41) is 12.4. The zero-order valence-electron chi connectivity index (χ0n) is 8.58. The summed E-state index contributed by atoms with van der Waals surface area (Å²) in [5.41, 5.74) is 0.286. The standard InChI is InChI=1S/C9H11BrF2N2O2/c1-5-7(10)8(9(11)12)14(13-5)4-2-3-6(15)16/h9H,2-4H2,1H3,(H,15,16). The predicted molar refractivity (Wildman–Crippen MR) is 56.5 cm³/mol. The third-order valence-electron chi connectivity index (χ3n) is 2.06. The number of aromatic nitrogens is 2. The summed E-state index contributed by atoms with van der Waals surface area (Å²) in [6.07, 6.45) is -2.40. The van der Waals surface area contributed by atoms with E-state index >= 15 is 0 Å². The number of hydrogen-bond acceptors (Lipinski definition) is 2. The van der Waals surface area contributed by atoms with E-state index in [0.717, 1.165) is 4.68 Å². The number of halogens is 3. The van der Waals surface area contributed by atoms with Gasteiger partial charge in [0.05, 0.1) is 10.2 Å². The highest BCUT2D eigenvalue weighted by Gasteiger charge is 2.21. The molecule has 0 amide bonds. The summed E-state index contributed by atoms with van der Waals surface area (Å²) in [6.45, 7) is 1.79. The molecular weight excluding hydrogens is 286 g/mol. The summed E-state index contributed by atoms with van der Waals surface area (Å²) < 4.78 is 26.8. The average molecular weight is 297 g/mol. The molecule has 0 unspecified atom stereocenters. The van der Waals surface area contributed by atoms with Gasteiger partial charge in [0.1, 0.15) is 5.69 Å². The first kappa shape index (κ1) is 13.1. The number of nitrogens with zero attached hydrogens (tertiary/aromatic N) is 2. The maximum Gasteiger partial charge on any atom is 0.303 e. The Hall–Kier alpha value is -0.980. The minimum atomic E-state index is -2.62. The van der Waals surface area contributed by atoms with E-state index in [1.807, 2.05) is 0 Å². The number of carboxylic acids is 1. The SMILES string of the molecule is Cc1nn(CCCC(=O)O)c(C(F)F)c1Br. The quantitative estimate of drug-likeness (QED) is 0.909. The summed E-state index contributed by atoms with van der Waals surface area (Å²) in [4.78, 5) is 10.3. The largest absolute Gasteiger partial charge is 0.481 e. The van der Waals surface area contributed by atoms with Crippen molar-refractivity contribution in [2.24, 2.45) is 0 Å². The van der Waals surface area contributed by atoms with Gasteiger partial charge in [-0.3, -0.25) is 9.48 Å². The molecule has 16 heavy (non-hydrogen) atoms. The molecule has 0 radical (unpaired) electrons. The molecule has 0 aromatic carbocycles. The van der Waals surface area contributed by atoms with Crippen LogP contribution in [0.3, 0.4) is 0 Å². The molecule has 4 nitrogen and oxygen atoms in total. The van der Waals surface area contributed by atoms with Crippen LogP contribution in [-0.4, -0.2) is 20.9 Å². The smallest absolute Gasteiger partial charge is 0.303 e. The monoisotopic (exact) mass is 296 g/mol. The van der Waals surface area contributed by atoms with Crippen LogP contribution in [-0.2, 0) is 11.3 Å². The van der Waals surface area contributed by atoms with Crippen molar-refractivity contribution >= 4 is 21.9 Å². The van der Waals surface area contributed by atoms with E-state index in [2.05, 4.69) is 21.0 Å². The Morgan fingerprint density at radius 1 is 1.62 bits per heavy atom. The van der Waals surface area contributed by atoms with Gasteiger partial charge >= 0.3 is 5.97 Å². The molecule has 1 aromatic heterocycles. The molecule has 0 fully saturated rings. The molecule has 0 aliphatic heterocycles. The van der Waals surface area contributed by atoms with Crippen LogP contribution in [0, 0.1) is 6.92 Å². The van der Waals surface area contributed by atoms with Crippen LogP contribution in [0.5, 0.6) is 0 Å². The van der Waals surface area contributed by atoms with E-state index in [0.29, 0.717) is 5.69 Å². The molecule has 1 heterocycles. The van der Waals surface area contributed by atoms with E-state index in [4.69, 9.17) is 5.11 Å². The van der Waals surface area contributed by atoms with Crippen molar-refractivity contribution in [1.82, 2.24) is 9.78 Å². The Morgan fingerprint density at radius 2 is 2.25 bits per heavy atom. The van der Waals surface area contributed by atoms with Gasteiger partial charge in [0.2, 0.25) is 0 Å². The van der Waals surface area contributed by atoms with E-state index in [1.54, 1.807) is 6.92 Å². The van der Waals surface area contributed by atoms with Gasteiger partial charge in [-0.05, 0) is 29.3 Å². The molecule has 1 rings (SSSR count). The predicted octanol–water partition coefficient (Wildman–Crippen LogP) is 2.76. The zero-order valence-corrected chi connectivity index (χ0v) is 10.2. The van der Waals surface area contributed by atoms with Crippen molar-refractivity contribution in [3.8, 4) is 0 Å². The van der Waals surface area contributed by atoms with Gasteiger partial charge in [-0.2, -0.15) is 5.10 Å². The van der Waals surface area contributed by atoms with Gasteiger partial charge in [0.25, 0.3) is 6.43 Å². The van der Waals surface area contributed by atoms with Crippen molar-refractivity contribution in [1.29, 1.82) is 0 Å². The maximum atomic E-state index is 12.7. The molecular formula is C9H11BrF2N2O2. The number of aryl methyl sites for hydroxylation is 2. The summed E-state index contributed by atoms with van der Waals surface area (Å²) >= 11 is 3.04. The zero-order chi connectivity index (χ0) is 12.3. The molecule has 0 bridgehead atoms. The Bertz CT molecular complexity index is 393. The van der Waals surface area contributed by atoms with Crippen LogP contribution >= 0.6 is 15.9 Å². The molecule has 7 heteroatoms. The normalized spacial score (nSPS) is 11.1. The lowest BCUT2D eigenvalue weighted by Crippen LogP contribution is -2.07. The van der Waals surface area contributed by atoms with Gasteiger partial charge < -0.3 is 5.11 Å². The lowest BCUT2D eigenvalue weighted by atomic mass is 10.3. The number of carboxylic acid groups (broad SMARTS) is 1. The second-order valence-corrected chi connectivity index (χ2v) is 4.10. The average Bonchev–Trinajstić information content (AvgIpc) is 2.42. The van der Waals surface area contributed by atoms with Crippen molar-refractivity contribution < 1.29 is 18.7 Å². The second kappa shape index (κ2) is 5.38. The number of alkyl halides is 2. The third-order valence-corrected chi connectivity index (χ3v) is 3.04. The van der Waals surface area contributed by atoms with Crippen LogP contribution in [0.4, 0.5) is 8.78 Å². The van der Waals surface area contributed by atoms with Crippen LogP contribution < -0.4 is 0 Å². The molecule has 0 aliphatic carbocycles. The summed E-state index contributed by atoms with van der Waals surface area (Å²) in [7, 11) is 0. The Morgan fingerprint density at radius 3 is 2.75 bits per heavy atom. The highest BCUT2D eigenvalue weighted by atomic mass is 79.9. The fraction of sp³-hybridized carbons (Fsp3) is 0.556. The summed E-state index contributed by atoms with van der Waals surface area (Å²) in [5.74, 6) is -0.943. The van der Waals surface area contributed by atoms with Gasteiger partial charge in [-0.1, -0.05) is 0 Å². The fourth-order valence-electron chi connectivity index (χ4n) is 1.34. The Balaban J connectivity index is 2.79. The third kappa shape index (κ3) is 3.01. The van der Waals surface area contributed by atoms with Crippen molar-refractivity contribution in [3.63, 3.8) is 0 Å². The second-order valence-electron chi connectivity index (χ2n) is 3.31. The number of rotatable bonds is 5. The number of aliphatic carboxylic acids is 1. The minimum absolute atomic E-state index is 0.0563. The van der Waals surface area contributed by atoms with Crippen LogP contribution in [0.2, 0.25) is 0 Å². The molecule has 0 saturated heterocycles. The van der Waals surface area contributed by atoms with E-state index < -0.39 is 12.4 Å². The molecule has 0 aliphatic rings. The van der Waals surface area contributed by atoms with Gasteiger partial charge in [-0.25, -0.2) is 8.78 Å². The first-order chi connectivity index (χ1) is 7.43. The molecule has 1 aromatic rings. The lowest BCUT2D eigenvalue weighted by molar-refractivity contribution is -0.137. The molecule has 90 valence electrons. The van der Waals surface area contributed by atoms with Crippen molar-refractivity contribution in [2.75, 3.05) is 0 Å². The molecule has 1 N–H and O–H groups in total. The first-order valence-corrected chi connectivity index (χ1v) is 5.45. The molecule has 0 spiro atoms. The fourth-order valence-corrected chi connectivity index (χ4v) is 1.79. The molecule has 0 atom stereocenters. The summed E-state index contributed by atoms with van der Waals surface area (Å²) in [6, 6.07) is 0. The van der Waals surface area contributed by atoms with Gasteiger partial charge in [0, 0.05) is 13.0 Å².